The monoisotopic (exact) mass is 364 g/mol. The van der Waals surface area contributed by atoms with Gasteiger partial charge in [-0.1, -0.05) is 26.0 Å². The summed E-state index contributed by atoms with van der Waals surface area (Å²) in [5.41, 5.74) is 3.80. The number of aromatic nitrogens is 3. The second-order valence-corrected chi connectivity index (χ2v) is 6.67. The molecule has 0 saturated heterocycles. The van der Waals surface area contributed by atoms with Crippen LogP contribution in [0.15, 0.2) is 48.7 Å². The SMILES string of the molecule is CCN(CC)CCn1c2ccccc2n2cc(-c3ccc(O)c(O)c3)nc12. The largest absolute Gasteiger partial charge is 0.504 e. The van der Waals surface area contributed by atoms with Gasteiger partial charge in [0.1, 0.15) is 0 Å². The van der Waals surface area contributed by atoms with Gasteiger partial charge in [-0.15, -0.1) is 0 Å². The van der Waals surface area contributed by atoms with E-state index in [2.05, 4.69) is 45.9 Å². The van der Waals surface area contributed by atoms with Crippen LogP contribution < -0.4 is 0 Å². The molecule has 2 N–H and O–H groups in total. The molecule has 2 aromatic heterocycles. The van der Waals surface area contributed by atoms with E-state index in [0.29, 0.717) is 0 Å². The van der Waals surface area contributed by atoms with Gasteiger partial charge in [0.05, 0.1) is 16.7 Å². The third-order valence-corrected chi connectivity index (χ3v) is 5.17. The van der Waals surface area contributed by atoms with Crippen LogP contribution in [-0.2, 0) is 6.54 Å². The van der Waals surface area contributed by atoms with E-state index in [1.807, 2.05) is 12.3 Å². The van der Waals surface area contributed by atoms with Crippen molar-refractivity contribution in [2.45, 2.75) is 20.4 Å². The second-order valence-electron chi connectivity index (χ2n) is 6.67. The Labute approximate surface area is 157 Å². The molecule has 0 unspecified atom stereocenters. The molecule has 2 heterocycles. The van der Waals surface area contributed by atoms with Crippen LogP contribution in [0.2, 0.25) is 0 Å². The van der Waals surface area contributed by atoms with E-state index in [4.69, 9.17) is 4.98 Å². The van der Waals surface area contributed by atoms with E-state index in [1.54, 1.807) is 12.1 Å². The van der Waals surface area contributed by atoms with Gasteiger partial charge in [0, 0.05) is 24.8 Å². The maximum atomic E-state index is 9.82. The fourth-order valence-corrected chi connectivity index (χ4v) is 3.57. The summed E-state index contributed by atoms with van der Waals surface area (Å²) < 4.78 is 4.34. The van der Waals surface area contributed by atoms with E-state index in [1.165, 1.54) is 6.07 Å². The van der Waals surface area contributed by atoms with Gasteiger partial charge in [0.25, 0.3) is 0 Å². The highest BCUT2D eigenvalue weighted by Crippen LogP contribution is 2.31. The van der Waals surface area contributed by atoms with Gasteiger partial charge in [-0.3, -0.25) is 4.40 Å². The van der Waals surface area contributed by atoms with Gasteiger partial charge in [-0.2, -0.15) is 0 Å². The Kier molecular flexibility index (Phi) is 4.49. The molecule has 0 amide bonds. The number of rotatable bonds is 6. The zero-order valence-electron chi connectivity index (χ0n) is 15.6. The van der Waals surface area contributed by atoms with Crippen molar-refractivity contribution in [3.8, 4) is 22.8 Å². The second kappa shape index (κ2) is 6.96. The number of hydrogen-bond acceptors (Lipinski definition) is 4. The minimum atomic E-state index is -0.139. The molecule has 0 spiro atoms. The van der Waals surface area contributed by atoms with Crippen LogP contribution in [0.4, 0.5) is 0 Å². The summed E-state index contributed by atoms with van der Waals surface area (Å²) in [5.74, 6) is 0.613. The molecule has 0 saturated carbocycles. The van der Waals surface area contributed by atoms with Crippen molar-refractivity contribution in [3.05, 3.63) is 48.7 Å². The molecule has 0 radical (unpaired) electrons. The number of aromatic hydroxyl groups is 2. The van der Waals surface area contributed by atoms with Crippen LogP contribution in [0.5, 0.6) is 11.5 Å². The van der Waals surface area contributed by atoms with Crippen LogP contribution in [0.25, 0.3) is 28.1 Å². The van der Waals surface area contributed by atoms with Crippen molar-refractivity contribution in [1.29, 1.82) is 0 Å². The number of phenols is 2. The molecule has 6 nitrogen and oxygen atoms in total. The lowest BCUT2D eigenvalue weighted by Crippen LogP contribution is -2.27. The van der Waals surface area contributed by atoms with Crippen LogP contribution in [-0.4, -0.2) is 48.7 Å². The van der Waals surface area contributed by atoms with Gasteiger partial charge in [0.15, 0.2) is 11.5 Å². The molecule has 2 aromatic carbocycles. The first kappa shape index (κ1) is 17.4. The van der Waals surface area contributed by atoms with Crippen LogP contribution >= 0.6 is 0 Å². The lowest BCUT2D eigenvalue weighted by atomic mass is 10.1. The molecular weight excluding hydrogens is 340 g/mol. The van der Waals surface area contributed by atoms with Gasteiger partial charge in [-0.25, -0.2) is 4.98 Å². The topological polar surface area (TPSA) is 65.9 Å². The summed E-state index contributed by atoms with van der Waals surface area (Å²) >= 11 is 0. The number of imidazole rings is 2. The lowest BCUT2D eigenvalue weighted by molar-refractivity contribution is 0.293. The normalized spacial score (nSPS) is 11.8. The zero-order valence-corrected chi connectivity index (χ0v) is 15.6. The third kappa shape index (κ3) is 3.02. The average molecular weight is 364 g/mol. The van der Waals surface area contributed by atoms with Crippen LogP contribution in [0.3, 0.4) is 0 Å². The van der Waals surface area contributed by atoms with Gasteiger partial charge in [0.2, 0.25) is 5.78 Å². The molecule has 4 rings (SSSR count). The number of para-hydroxylation sites is 2. The summed E-state index contributed by atoms with van der Waals surface area (Å²) in [5, 5.41) is 19.4. The minimum absolute atomic E-state index is 0.128. The minimum Gasteiger partial charge on any atom is -0.504 e. The highest BCUT2D eigenvalue weighted by atomic mass is 16.3. The molecule has 4 aromatic rings. The summed E-state index contributed by atoms with van der Waals surface area (Å²) in [7, 11) is 0. The van der Waals surface area contributed by atoms with E-state index in [-0.39, 0.29) is 11.5 Å². The standard InChI is InChI=1S/C21H24N4O2/c1-3-23(4-2)11-12-24-17-7-5-6-8-18(17)25-14-16(22-21(24)25)15-9-10-19(26)20(27)13-15/h5-10,13-14,26-27H,3-4,11-12H2,1-2H3. The van der Waals surface area contributed by atoms with Crippen LogP contribution in [0.1, 0.15) is 13.8 Å². The highest BCUT2D eigenvalue weighted by molar-refractivity contribution is 5.82. The molecule has 0 atom stereocenters. The number of nitrogens with zero attached hydrogens (tertiary/aromatic N) is 4. The summed E-state index contributed by atoms with van der Waals surface area (Å²) in [4.78, 5) is 7.23. The number of phenolic OH excluding ortho intramolecular Hbond substituents is 2. The average Bonchev–Trinajstić information content (AvgIpc) is 3.23. The first-order valence-corrected chi connectivity index (χ1v) is 9.33. The Morgan fingerprint density at radius 2 is 1.70 bits per heavy atom. The van der Waals surface area contributed by atoms with Gasteiger partial charge >= 0.3 is 0 Å². The zero-order chi connectivity index (χ0) is 19.0. The van der Waals surface area contributed by atoms with Crippen molar-refractivity contribution in [2.75, 3.05) is 19.6 Å². The van der Waals surface area contributed by atoms with E-state index >= 15 is 0 Å². The predicted octanol–water partition coefficient (Wildman–Crippen LogP) is 3.71. The first-order chi connectivity index (χ1) is 13.1. The van der Waals surface area contributed by atoms with Crippen molar-refractivity contribution < 1.29 is 10.2 Å². The molecule has 27 heavy (non-hydrogen) atoms. The van der Waals surface area contributed by atoms with Gasteiger partial charge in [-0.05, 0) is 43.4 Å². The molecular formula is C21H24N4O2. The van der Waals surface area contributed by atoms with E-state index < -0.39 is 0 Å². The maximum Gasteiger partial charge on any atom is 0.215 e. The van der Waals surface area contributed by atoms with E-state index in [9.17, 15) is 10.2 Å². The Morgan fingerprint density at radius 3 is 2.41 bits per heavy atom. The molecule has 140 valence electrons. The fraction of sp³-hybridized carbons (Fsp3) is 0.286. The molecule has 0 bridgehead atoms. The van der Waals surface area contributed by atoms with Crippen molar-refractivity contribution >= 4 is 16.8 Å². The van der Waals surface area contributed by atoms with Gasteiger partial charge < -0.3 is 19.7 Å². The Morgan fingerprint density at radius 1 is 0.963 bits per heavy atom. The van der Waals surface area contributed by atoms with E-state index in [0.717, 1.165) is 54.2 Å². The molecule has 0 aliphatic heterocycles. The Hall–Kier alpha value is -2.99. The molecule has 0 fully saturated rings. The number of likely N-dealkylation sites (N-methyl/N-ethyl adjacent to an activating group) is 1. The molecule has 0 aliphatic rings. The molecule has 6 heteroatoms. The summed E-state index contributed by atoms with van der Waals surface area (Å²) in [6.07, 6.45) is 1.98. The number of benzene rings is 2. The lowest BCUT2D eigenvalue weighted by Gasteiger charge is -2.18. The number of hydrogen-bond donors (Lipinski definition) is 2. The summed E-state index contributed by atoms with van der Waals surface area (Å²) in [6.45, 7) is 8.23. The third-order valence-electron chi connectivity index (χ3n) is 5.17. The number of fused-ring (bicyclic) bond motifs is 3. The van der Waals surface area contributed by atoms with Crippen LogP contribution in [0, 0.1) is 0 Å². The Bertz CT molecular complexity index is 1090. The predicted molar refractivity (Wildman–Crippen MR) is 107 cm³/mol. The van der Waals surface area contributed by atoms with Crippen molar-refractivity contribution in [1.82, 2.24) is 18.9 Å². The Balaban J connectivity index is 1.82. The quantitative estimate of drug-likeness (QED) is 0.512. The smallest absolute Gasteiger partial charge is 0.215 e. The highest BCUT2D eigenvalue weighted by Gasteiger charge is 2.15. The maximum absolute atomic E-state index is 9.82. The van der Waals surface area contributed by atoms with Crippen molar-refractivity contribution in [2.24, 2.45) is 0 Å². The fourth-order valence-electron chi connectivity index (χ4n) is 3.57. The first-order valence-electron chi connectivity index (χ1n) is 9.33. The van der Waals surface area contributed by atoms with Crippen molar-refractivity contribution in [3.63, 3.8) is 0 Å². The summed E-state index contributed by atoms with van der Waals surface area (Å²) in [6, 6.07) is 13.1. The molecule has 0 aliphatic carbocycles.